The van der Waals surface area contributed by atoms with E-state index >= 15 is 0 Å². The Morgan fingerprint density at radius 2 is 2.15 bits per heavy atom. The van der Waals surface area contributed by atoms with E-state index in [-0.39, 0.29) is 5.92 Å². The van der Waals surface area contributed by atoms with Gasteiger partial charge in [0, 0.05) is 10.5 Å². The summed E-state index contributed by atoms with van der Waals surface area (Å²) < 4.78 is 0.920. The lowest BCUT2D eigenvalue weighted by Crippen LogP contribution is -2.44. The number of carboxylic acids is 1. The Labute approximate surface area is 127 Å². The molecule has 108 valence electrons. The molecule has 4 nitrogen and oxygen atoms in total. The van der Waals surface area contributed by atoms with E-state index in [1.165, 1.54) is 6.08 Å². The van der Waals surface area contributed by atoms with Gasteiger partial charge in [-0.3, -0.25) is 4.79 Å². The van der Waals surface area contributed by atoms with E-state index in [0.29, 0.717) is 6.42 Å². The van der Waals surface area contributed by atoms with Gasteiger partial charge in [0.2, 0.25) is 5.91 Å². The van der Waals surface area contributed by atoms with Crippen LogP contribution in [0, 0.1) is 5.92 Å². The molecule has 0 aromatic heterocycles. The molecule has 20 heavy (non-hydrogen) atoms. The lowest BCUT2D eigenvalue weighted by Gasteiger charge is -2.19. The number of carboxylic acid groups (broad SMARTS) is 1. The fourth-order valence-electron chi connectivity index (χ4n) is 1.67. The maximum absolute atomic E-state index is 11.8. The van der Waals surface area contributed by atoms with Crippen LogP contribution in [0.25, 0.3) is 6.08 Å². The molecule has 0 saturated carbocycles. The van der Waals surface area contributed by atoms with Crippen molar-refractivity contribution in [1.82, 2.24) is 5.32 Å². The number of hydrogen-bond donors (Lipinski definition) is 2. The van der Waals surface area contributed by atoms with Gasteiger partial charge in [0.25, 0.3) is 0 Å². The molecule has 0 fully saturated rings. The third kappa shape index (κ3) is 5.17. The van der Waals surface area contributed by atoms with Crippen molar-refractivity contribution < 1.29 is 14.7 Å². The van der Waals surface area contributed by atoms with Crippen LogP contribution in [-0.2, 0) is 9.59 Å². The Balaban J connectivity index is 2.68. The second kappa shape index (κ2) is 7.85. The topological polar surface area (TPSA) is 66.4 Å². The molecule has 0 aliphatic carbocycles. The Morgan fingerprint density at radius 3 is 2.70 bits per heavy atom. The summed E-state index contributed by atoms with van der Waals surface area (Å²) in [5, 5.41) is 11.6. The highest BCUT2D eigenvalue weighted by Gasteiger charge is 2.24. The molecule has 0 radical (unpaired) electrons. The normalized spacial score (nSPS) is 13.9. The van der Waals surface area contributed by atoms with Crippen LogP contribution in [0.2, 0.25) is 0 Å². The highest BCUT2D eigenvalue weighted by molar-refractivity contribution is 9.10. The van der Waals surface area contributed by atoms with E-state index in [1.54, 1.807) is 13.0 Å². The zero-order valence-corrected chi connectivity index (χ0v) is 13.1. The summed E-state index contributed by atoms with van der Waals surface area (Å²) in [5.41, 5.74) is 0.866. The summed E-state index contributed by atoms with van der Waals surface area (Å²) in [7, 11) is 0. The zero-order valence-electron chi connectivity index (χ0n) is 11.5. The molecule has 1 rings (SSSR count). The predicted octanol–water partition coefficient (Wildman–Crippen LogP) is 3.08. The number of halogens is 1. The van der Waals surface area contributed by atoms with Gasteiger partial charge in [-0.2, -0.15) is 0 Å². The summed E-state index contributed by atoms with van der Waals surface area (Å²) >= 11 is 3.34. The molecule has 1 unspecified atom stereocenters. The second-order valence-electron chi connectivity index (χ2n) is 4.60. The first-order chi connectivity index (χ1) is 9.43. The zero-order chi connectivity index (χ0) is 15.1. The molecule has 1 amide bonds. The third-order valence-electron chi connectivity index (χ3n) is 3.05. The quantitative estimate of drug-likeness (QED) is 0.782. The molecule has 0 aliphatic heterocycles. The van der Waals surface area contributed by atoms with Crippen LogP contribution in [0.15, 0.2) is 34.8 Å². The first kappa shape index (κ1) is 16.4. The van der Waals surface area contributed by atoms with Gasteiger partial charge in [0.05, 0.1) is 0 Å². The highest BCUT2D eigenvalue weighted by Crippen LogP contribution is 2.13. The third-order valence-corrected chi connectivity index (χ3v) is 3.55. The first-order valence-electron chi connectivity index (χ1n) is 6.41. The molecule has 2 atom stereocenters. The van der Waals surface area contributed by atoms with Crippen LogP contribution < -0.4 is 5.32 Å². The van der Waals surface area contributed by atoms with Gasteiger partial charge in [0.1, 0.15) is 6.04 Å². The fraction of sp³-hybridized carbons (Fsp3) is 0.333. The first-order valence-corrected chi connectivity index (χ1v) is 7.20. The van der Waals surface area contributed by atoms with E-state index in [0.717, 1.165) is 10.0 Å². The monoisotopic (exact) mass is 339 g/mol. The molecule has 0 bridgehead atoms. The average Bonchev–Trinajstić information content (AvgIpc) is 2.41. The number of hydrogen-bond acceptors (Lipinski definition) is 2. The van der Waals surface area contributed by atoms with Crippen LogP contribution in [0.1, 0.15) is 25.8 Å². The second-order valence-corrected chi connectivity index (χ2v) is 5.51. The SMILES string of the molecule is CCC(C)[C@H](NC(=O)/C=C/c1cccc(Br)c1)C(=O)O. The number of nitrogens with one attached hydrogen (secondary N) is 1. The van der Waals surface area contributed by atoms with E-state index in [2.05, 4.69) is 21.2 Å². The van der Waals surface area contributed by atoms with Gasteiger partial charge in [0.15, 0.2) is 0 Å². The summed E-state index contributed by atoms with van der Waals surface area (Å²) in [6.45, 7) is 3.70. The van der Waals surface area contributed by atoms with E-state index in [9.17, 15) is 9.59 Å². The molecular weight excluding hydrogens is 322 g/mol. The minimum atomic E-state index is -1.01. The van der Waals surface area contributed by atoms with Crippen molar-refractivity contribution in [2.45, 2.75) is 26.3 Å². The number of aliphatic carboxylic acids is 1. The van der Waals surface area contributed by atoms with Crippen molar-refractivity contribution in [3.05, 3.63) is 40.4 Å². The molecule has 0 spiro atoms. The van der Waals surface area contributed by atoms with E-state index < -0.39 is 17.9 Å². The molecule has 1 aromatic carbocycles. The lowest BCUT2D eigenvalue weighted by atomic mass is 9.99. The van der Waals surface area contributed by atoms with Gasteiger partial charge in [-0.05, 0) is 29.7 Å². The van der Waals surface area contributed by atoms with Gasteiger partial charge in [-0.1, -0.05) is 48.3 Å². The van der Waals surface area contributed by atoms with Crippen molar-refractivity contribution in [3.63, 3.8) is 0 Å². The summed E-state index contributed by atoms with van der Waals surface area (Å²) in [6, 6.07) is 6.62. The number of benzene rings is 1. The van der Waals surface area contributed by atoms with Gasteiger partial charge in [-0.15, -0.1) is 0 Å². The molecule has 0 aliphatic rings. The number of carbonyl (C=O) groups excluding carboxylic acids is 1. The van der Waals surface area contributed by atoms with E-state index in [4.69, 9.17) is 5.11 Å². The Bertz CT molecular complexity index is 514. The maximum Gasteiger partial charge on any atom is 0.326 e. The van der Waals surface area contributed by atoms with Gasteiger partial charge < -0.3 is 10.4 Å². The largest absolute Gasteiger partial charge is 0.480 e. The Hall–Kier alpha value is -1.62. The Morgan fingerprint density at radius 1 is 1.45 bits per heavy atom. The van der Waals surface area contributed by atoms with Crippen molar-refractivity contribution in [2.24, 2.45) is 5.92 Å². The molecule has 0 heterocycles. The molecular formula is C15H18BrNO3. The van der Waals surface area contributed by atoms with Crippen LogP contribution in [0.5, 0.6) is 0 Å². The van der Waals surface area contributed by atoms with Crippen molar-refractivity contribution >= 4 is 33.9 Å². The van der Waals surface area contributed by atoms with Gasteiger partial charge in [-0.25, -0.2) is 4.79 Å². The molecule has 2 N–H and O–H groups in total. The fourth-order valence-corrected chi connectivity index (χ4v) is 2.08. The van der Waals surface area contributed by atoms with Crippen molar-refractivity contribution in [2.75, 3.05) is 0 Å². The predicted molar refractivity (Wildman–Crippen MR) is 82.2 cm³/mol. The number of carbonyl (C=O) groups is 2. The number of rotatable bonds is 6. The maximum atomic E-state index is 11.8. The highest BCUT2D eigenvalue weighted by atomic mass is 79.9. The summed E-state index contributed by atoms with van der Waals surface area (Å²) in [6.07, 6.45) is 3.68. The van der Waals surface area contributed by atoms with Crippen LogP contribution in [0.3, 0.4) is 0 Å². The minimum absolute atomic E-state index is 0.115. The summed E-state index contributed by atoms with van der Waals surface area (Å²) in [5.74, 6) is -1.53. The van der Waals surface area contributed by atoms with Crippen LogP contribution >= 0.6 is 15.9 Å². The molecule has 1 aromatic rings. The van der Waals surface area contributed by atoms with Crippen LogP contribution in [0.4, 0.5) is 0 Å². The standard InChI is InChI=1S/C15H18BrNO3/c1-3-10(2)14(15(19)20)17-13(18)8-7-11-5-4-6-12(16)9-11/h4-10,14H,3H2,1-2H3,(H,17,18)(H,19,20)/b8-7+/t10?,14-/m0/s1. The minimum Gasteiger partial charge on any atom is -0.480 e. The smallest absolute Gasteiger partial charge is 0.326 e. The van der Waals surface area contributed by atoms with Crippen molar-refractivity contribution in [1.29, 1.82) is 0 Å². The lowest BCUT2D eigenvalue weighted by molar-refractivity contribution is -0.142. The van der Waals surface area contributed by atoms with Crippen molar-refractivity contribution in [3.8, 4) is 0 Å². The molecule has 5 heteroatoms. The summed E-state index contributed by atoms with van der Waals surface area (Å²) in [4.78, 5) is 22.9. The molecule has 0 saturated heterocycles. The van der Waals surface area contributed by atoms with E-state index in [1.807, 2.05) is 31.2 Å². The number of amides is 1. The average molecular weight is 340 g/mol. The van der Waals surface area contributed by atoms with Gasteiger partial charge >= 0.3 is 5.97 Å². The Kier molecular flexibility index (Phi) is 6.45. The van der Waals surface area contributed by atoms with Crippen LogP contribution in [-0.4, -0.2) is 23.0 Å².